The number of benzene rings is 1. The van der Waals surface area contributed by atoms with Gasteiger partial charge in [0.1, 0.15) is 6.54 Å². The molecule has 2 N–H and O–H groups in total. The first-order chi connectivity index (χ1) is 11.5. The number of carbonyl (C=O) groups excluding carboxylic acids is 1. The van der Waals surface area contributed by atoms with Crippen LogP contribution < -0.4 is 5.32 Å². The van der Waals surface area contributed by atoms with Gasteiger partial charge in [-0.25, -0.2) is 0 Å². The van der Waals surface area contributed by atoms with Crippen LogP contribution in [0, 0.1) is 20.8 Å². The molecule has 0 unspecified atom stereocenters. The van der Waals surface area contributed by atoms with Gasteiger partial charge in [0.2, 0.25) is 5.91 Å². The number of aromatic amines is 1. The summed E-state index contributed by atoms with van der Waals surface area (Å²) in [5.74, 6) is -0.0320. The summed E-state index contributed by atoms with van der Waals surface area (Å²) in [6, 6.07) is 6.24. The highest BCUT2D eigenvalue weighted by atomic mass is 16.2. The van der Waals surface area contributed by atoms with Crippen LogP contribution in [0.4, 0.5) is 0 Å². The van der Waals surface area contributed by atoms with Gasteiger partial charge in [-0.3, -0.25) is 9.48 Å². The molecule has 126 valence electrons. The molecule has 5 heteroatoms. The average molecular weight is 324 g/mol. The van der Waals surface area contributed by atoms with E-state index in [-0.39, 0.29) is 12.5 Å². The number of rotatable bonds is 5. The van der Waals surface area contributed by atoms with E-state index in [9.17, 15) is 4.79 Å². The molecule has 0 aliphatic heterocycles. The highest BCUT2D eigenvalue weighted by molar-refractivity contribution is 5.88. The molecule has 0 fully saturated rings. The molecule has 0 spiro atoms. The standard InChI is InChI=1S/C19H24N4O/c1-5-17-14(4)16-9-12(2)8-15(19(16)22-17)10-20-18(24)11-23-13(3)6-7-21-23/h6-9,22H,5,10-11H2,1-4H3,(H,20,24). The number of amides is 1. The summed E-state index contributed by atoms with van der Waals surface area (Å²) in [7, 11) is 0. The SMILES string of the molecule is CCc1[nH]c2c(CNC(=O)Cn3nccc3C)cc(C)cc2c1C. The van der Waals surface area contributed by atoms with E-state index in [0.717, 1.165) is 23.2 Å². The molecule has 0 saturated heterocycles. The Morgan fingerprint density at radius 1 is 1.29 bits per heavy atom. The van der Waals surface area contributed by atoms with Gasteiger partial charge in [0.25, 0.3) is 0 Å². The number of hydrogen-bond acceptors (Lipinski definition) is 2. The summed E-state index contributed by atoms with van der Waals surface area (Å²) in [4.78, 5) is 15.7. The maximum absolute atomic E-state index is 12.2. The van der Waals surface area contributed by atoms with Crippen LogP contribution in [-0.2, 0) is 24.3 Å². The molecule has 5 nitrogen and oxygen atoms in total. The van der Waals surface area contributed by atoms with Crippen LogP contribution in [0.5, 0.6) is 0 Å². The molecule has 3 aromatic rings. The minimum absolute atomic E-state index is 0.0320. The highest BCUT2D eigenvalue weighted by Crippen LogP contribution is 2.26. The van der Waals surface area contributed by atoms with Crippen molar-refractivity contribution in [3.63, 3.8) is 0 Å². The Hall–Kier alpha value is -2.56. The molecule has 1 aromatic carbocycles. The molecule has 2 aromatic heterocycles. The second kappa shape index (κ2) is 6.51. The number of carbonyl (C=O) groups is 1. The van der Waals surface area contributed by atoms with Crippen LogP contribution in [0.25, 0.3) is 10.9 Å². The van der Waals surface area contributed by atoms with Crippen molar-refractivity contribution in [2.45, 2.75) is 47.2 Å². The van der Waals surface area contributed by atoms with E-state index in [1.54, 1.807) is 10.9 Å². The van der Waals surface area contributed by atoms with E-state index >= 15 is 0 Å². The lowest BCUT2D eigenvalue weighted by atomic mass is 10.0. The van der Waals surface area contributed by atoms with Gasteiger partial charge in [-0.05, 0) is 50.5 Å². The number of nitrogens with zero attached hydrogens (tertiary/aromatic N) is 2. The third-order valence-corrected chi connectivity index (χ3v) is 4.55. The van der Waals surface area contributed by atoms with E-state index in [0.29, 0.717) is 6.54 Å². The summed E-state index contributed by atoms with van der Waals surface area (Å²) in [6.45, 7) is 9.10. The lowest BCUT2D eigenvalue weighted by molar-refractivity contribution is -0.122. The molecule has 3 rings (SSSR count). The van der Waals surface area contributed by atoms with Crippen molar-refractivity contribution in [2.75, 3.05) is 0 Å². The Balaban J connectivity index is 1.80. The molecule has 1 amide bonds. The number of aromatic nitrogens is 3. The number of fused-ring (bicyclic) bond motifs is 1. The highest BCUT2D eigenvalue weighted by Gasteiger charge is 2.12. The van der Waals surface area contributed by atoms with Gasteiger partial charge in [0, 0.05) is 29.5 Å². The molecule has 0 radical (unpaired) electrons. The van der Waals surface area contributed by atoms with Crippen molar-refractivity contribution in [2.24, 2.45) is 0 Å². The molecule has 2 heterocycles. The quantitative estimate of drug-likeness (QED) is 0.757. The first kappa shape index (κ1) is 16.3. The topological polar surface area (TPSA) is 62.7 Å². The summed E-state index contributed by atoms with van der Waals surface area (Å²) in [5, 5.41) is 8.41. The van der Waals surface area contributed by atoms with E-state index in [1.807, 2.05) is 13.0 Å². The van der Waals surface area contributed by atoms with Gasteiger partial charge in [-0.15, -0.1) is 0 Å². The zero-order chi connectivity index (χ0) is 17.3. The Labute approximate surface area is 142 Å². The molecule has 0 bridgehead atoms. The number of H-pyrrole nitrogens is 1. The van der Waals surface area contributed by atoms with E-state index in [2.05, 4.69) is 48.3 Å². The summed E-state index contributed by atoms with van der Waals surface area (Å²) in [5.41, 5.74) is 7.00. The van der Waals surface area contributed by atoms with Crippen molar-refractivity contribution < 1.29 is 4.79 Å². The van der Waals surface area contributed by atoms with E-state index in [1.165, 1.54) is 22.2 Å². The monoisotopic (exact) mass is 324 g/mol. The van der Waals surface area contributed by atoms with Crippen LogP contribution in [0.2, 0.25) is 0 Å². The lowest BCUT2D eigenvalue weighted by Crippen LogP contribution is -2.28. The predicted octanol–water partition coefficient (Wildman–Crippen LogP) is 3.17. The lowest BCUT2D eigenvalue weighted by Gasteiger charge is -2.09. The van der Waals surface area contributed by atoms with Crippen LogP contribution in [0.15, 0.2) is 24.4 Å². The third-order valence-electron chi connectivity index (χ3n) is 4.55. The minimum atomic E-state index is -0.0320. The van der Waals surface area contributed by atoms with Gasteiger partial charge >= 0.3 is 0 Å². The van der Waals surface area contributed by atoms with Crippen molar-refractivity contribution in [3.8, 4) is 0 Å². The largest absolute Gasteiger partial charge is 0.358 e. The van der Waals surface area contributed by atoms with Gasteiger partial charge in [-0.1, -0.05) is 18.6 Å². The maximum atomic E-state index is 12.2. The normalized spacial score (nSPS) is 11.2. The fourth-order valence-corrected chi connectivity index (χ4v) is 3.16. The van der Waals surface area contributed by atoms with Crippen molar-refractivity contribution in [1.82, 2.24) is 20.1 Å². The third kappa shape index (κ3) is 3.07. The van der Waals surface area contributed by atoms with Gasteiger partial charge in [0.15, 0.2) is 0 Å². The van der Waals surface area contributed by atoms with Crippen LogP contribution in [0.1, 0.15) is 35.0 Å². The molecule has 0 aliphatic carbocycles. The van der Waals surface area contributed by atoms with Crippen molar-refractivity contribution in [1.29, 1.82) is 0 Å². The van der Waals surface area contributed by atoms with Gasteiger partial charge in [0.05, 0.1) is 5.52 Å². The first-order valence-electron chi connectivity index (χ1n) is 8.35. The molecule has 0 atom stereocenters. The van der Waals surface area contributed by atoms with Crippen molar-refractivity contribution in [3.05, 3.63) is 52.5 Å². The summed E-state index contributed by atoms with van der Waals surface area (Å²) < 4.78 is 1.70. The minimum Gasteiger partial charge on any atom is -0.358 e. The molecule has 0 saturated carbocycles. The van der Waals surface area contributed by atoms with Crippen LogP contribution in [0.3, 0.4) is 0 Å². The van der Waals surface area contributed by atoms with Gasteiger partial charge < -0.3 is 10.3 Å². The van der Waals surface area contributed by atoms with Crippen LogP contribution >= 0.6 is 0 Å². The summed E-state index contributed by atoms with van der Waals surface area (Å²) in [6.07, 6.45) is 2.69. The second-order valence-corrected chi connectivity index (χ2v) is 6.34. The second-order valence-electron chi connectivity index (χ2n) is 6.34. The smallest absolute Gasteiger partial charge is 0.242 e. The zero-order valence-electron chi connectivity index (χ0n) is 14.7. The van der Waals surface area contributed by atoms with Crippen molar-refractivity contribution >= 4 is 16.8 Å². The predicted molar refractivity (Wildman–Crippen MR) is 96.0 cm³/mol. The Morgan fingerprint density at radius 3 is 2.75 bits per heavy atom. The fourth-order valence-electron chi connectivity index (χ4n) is 3.16. The first-order valence-corrected chi connectivity index (χ1v) is 8.35. The number of aryl methyl sites for hydroxylation is 4. The van der Waals surface area contributed by atoms with E-state index in [4.69, 9.17) is 0 Å². The molecule has 24 heavy (non-hydrogen) atoms. The van der Waals surface area contributed by atoms with Gasteiger partial charge in [-0.2, -0.15) is 5.10 Å². The number of hydrogen-bond donors (Lipinski definition) is 2. The van der Waals surface area contributed by atoms with Crippen LogP contribution in [-0.4, -0.2) is 20.7 Å². The summed E-state index contributed by atoms with van der Waals surface area (Å²) >= 11 is 0. The fraction of sp³-hybridized carbons (Fsp3) is 0.368. The molecular weight excluding hydrogens is 300 g/mol. The maximum Gasteiger partial charge on any atom is 0.242 e. The molecule has 0 aliphatic rings. The number of nitrogens with one attached hydrogen (secondary N) is 2. The zero-order valence-corrected chi connectivity index (χ0v) is 14.7. The average Bonchev–Trinajstić information content (AvgIpc) is 3.09. The Kier molecular flexibility index (Phi) is 4.42. The Bertz CT molecular complexity index is 888. The Morgan fingerprint density at radius 2 is 2.08 bits per heavy atom. The van der Waals surface area contributed by atoms with E-state index < -0.39 is 0 Å². The molecular formula is C19H24N4O.